The van der Waals surface area contributed by atoms with Crippen molar-refractivity contribution >= 4 is 5.57 Å². The lowest BCUT2D eigenvalue weighted by atomic mass is 9.89. The molecule has 1 saturated heterocycles. The SMILES string of the molecule is Cc1ccc2c(c1)CCn1ccnc1C2=C1CCN(C)CC1. The van der Waals surface area contributed by atoms with E-state index in [1.165, 1.54) is 28.1 Å². The Morgan fingerprint density at radius 2 is 1.86 bits per heavy atom. The summed E-state index contributed by atoms with van der Waals surface area (Å²) in [5, 5.41) is 0. The van der Waals surface area contributed by atoms with Crippen LogP contribution in [-0.4, -0.2) is 34.6 Å². The first-order valence-electron chi connectivity index (χ1n) is 8.24. The summed E-state index contributed by atoms with van der Waals surface area (Å²) in [7, 11) is 2.22. The number of aryl methyl sites for hydroxylation is 3. The quantitative estimate of drug-likeness (QED) is 0.743. The van der Waals surface area contributed by atoms with E-state index in [2.05, 4.69) is 47.8 Å². The van der Waals surface area contributed by atoms with Crippen molar-refractivity contribution in [1.29, 1.82) is 0 Å². The Kier molecular flexibility index (Phi) is 3.38. The number of rotatable bonds is 0. The van der Waals surface area contributed by atoms with Gasteiger partial charge in [0.1, 0.15) is 5.82 Å². The molecular formula is C19H23N3. The molecule has 0 aliphatic carbocycles. The Bertz CT molecular complexity index is 729. The summed E-state index contributed by atoms with van der Waals surface area (Å²) < 4.78 is 2.33. The number of aromatic nitrogens is 2. The normalized spacial score (nSPS) is 18.8. The molecule has 0 saturated carbocycles. The van der Waals surface area contributed by atoms with Crippen LogP contribution in [-0.2, 0) is 13.0 Å². The van der Waals surface area contributed by atoms with Gasteiger partial charge in [0.05, 0.1) is 0 Å². The van der Waals surface area contributed by atoms with Crippen molar-refractivity contribution in [2.75, 3.05) is 20.1 Å². The average Bonchev–Trinajstić information content (AvgIpc) is 2.92. The Morgan fingerprint density at radius 1 is 1.05 bits per heavy atom. The summed E-state index contributed by atoms with van der Waals surface area (Å²) in [4.78, 5) is 7.13. The van der Waals surface area contributed by atoms with Gasteiger partial charge in [0.25, 0.3) is 0 Å². The second-order valence-electron chi connectivity index (χ2n) is 6.64. The van der Waals surface area contributed by atoms with E-state index in [0.717, 1.165) is 38.9 Å². The lowest BCUT2D eigenvalue weighted by Gasteiger charge is -2.26. The molecule has 2 aliphatic rings. The molecule has 2 aromatic rings. The predicted molar refractivity (Wildman–Crippen MR) is 89.9 cm³/mol. The molecule has 3 heteroatoms. The van der Waals surface area contributed by atoms with E-state index in [-0.39, 0.29) is 0 Å². The van der Waals surface area contributed by atoms with E-state index in [9.17, 15) is 0 Å². The van der Waals surface area contributed by atoms with Crippen LogP contribution >= 0.6 is 0 Å². The van der Waals surface area contributed by atoms with Crippen LogP contribution in [0, 0.1) is 6.92 Å². The van der Waals surface area contributed by atoms with Crippen LogP contribution in [0.4, 0.5) is 0 Å². The maximum Gasteiger partial charge on any atom is 0.140 e. The van der Waals surface area contributed by atoms with E-state index in [1.54, 1.807) is 5.57 Å². The van der Waals surface area contributed by atoms with E-state index in [1.807, 2.05) is 6.20 Å². The van der Waals surface area contributed by atoms with E-state index >= 15 is 0 Å². The number of hydrogen-bond donors (Lipinski definition) is 0. The molecule has 0 bridgehead atoms. The second kappa shape index (κ2) is 5.40. The molecule has 3 heterocycles. The highest BCUT2D eigenvalue weighted by atomic mass is 15.1. The van der Waals surface area contributed by atoms with Gasteiger partial charge in [0.2, 0.25) is 0 Å². The number of imidazole rings is 1. The van der Waals surface area contributed by atoms with Crippen LogP contribution in [0.1, 0.15) is 35.4 Å². The maximum atomic E-state index is 4.71. The number of fused-ring (bicyclic) bond motifs is 2. The van der Waals surface area contributed by atoms with Gasteiger partial charge >= 0.3 is 0 Å². The summed E-state index contributed by atoms with van der Waals surface area (Å²) in [6.07, 6.45) is 7.49. The fourth-order valence-corrected chi connectivity index (χ4v) is 3.74. The van der Waals surface area contributed by atoms with Crippen molar-refractivity contribution in [3.63, 3.8) is 0 Å². The Labute approximate surface area is 132 Å². The molecule has 0 unspecified atom stereocenters. The molecule has 1 fully saturated rings. The van der Waals surface area contributed by atoms with Crippen molar-refractivity contribution in [2.45, 2.75) is 32.7 Å². The smallest absolute Gasteiger partial charge is 0.140 e. The van der Waals surface area contributed by atoms with Gasteiger partial charge in [0, 0.05) is 37.6 Å². The van der Waals surface area contributed by atoms with Gasteiger partial charge in [-0.1, -0.05) is 29.3 Å². The van der Waals surface area contributed by atoms with Crippen molar-refractivity contribution in [2.24, 2.45) is 0 Å². The largest absolute Gasteiger partial charge is 0.331 e. The molecule has 0 N–H and O–H groups in total. The summed E-state index contributed by atoms with van der Waals surface area (Å²) in [6, 6.07) is 6.92. The zero-order valence-electron chi connectivity index (χ0n) is 13.5. The summed E-state index contributed by atoms with van der Waals surface area (Å²) in [5.74, 6) is 1.17. The van der Waals surface area contributed by atoms with Crippen molar-refractivity contribution in [1.82, 2.24) is 14.5 Å². The van der Waals surface area contributed by atoms with Crippen LogP contribution in [0.3, 0.4) is 0 Å². The minimum absolute atomic E-state index is 1.03. The molecule has 0 spiro atoms. The molecule has 1 aromatic heterocycles. The summed E-state index contributed by atoms with van der Waals surface area (Å²) >= 11 is 0. The van der Waals surface area contributed by atoms with Gasteiger partial charge < -0.3 is 9.47 Å². The van der Waals surface area contributed by atoms with Crippen molar-refractivity contribution in [3.8, 4) is 0 Å². The Balaban J connectivity index is 1.92. The highest BCUT2D eigenvalue weighted by Crippen LogP contribution is 2.35. The van der Waals surface area contributed by atoms with Crippen molar-refractivity contribution in [3.05, 3.63) is 58.7 Å². The van der Waals surface area contributed by atoms with Crippen LogP contribution < -0.4 is 0 Å². The third-order valence-electron chi connectivity index (χ3n) is 5.04. The summed E-state index contributed by atoms with van der Waals surface area (Å²) in [5.41, 5.74) is 7.23. The van der Waals surface area contributed by atoms with Gasteiger partial charge in [-0.15, -0.1) is 0 Å². The molecule has 22 heavy (non-hydrogen) atoms. The number of nitrogens with zero attached hydrogens (tertiary/aromatic N) is 3. The van der Waals surface area contributed by atoms with Gasteiger partial charge in [0.15, 0.2) is 0 Å². The van der Waals surface area contributed by atoms with Crippen LogP contribution in [0.25, 0.3) is 5.57 Å². The first kappa shape index (κ1) is 13.8. The highest BCUT2D eigenvalue weighted by Gasteiger charge is 2.24. The average molecular weight is 293 g/mol. The molecular weight excluding hydrogens is 270 g/mol. The first-order valence-corrected chi connectivity index (χ1v) is 8.24. The van der Waals surface area contributed by atoms with Gasteiger partial charge in [-0.05, 0) is 44.4 Å². The number of likely N-dealkylation sites (tertiary alicyclic amines) is 1. The first-order chi connectivity index (χ1) is 10.7. The van der Waals surface area contributed by atoms with Gasteiger partial charge in [-0.2, -0.15) is 0 Å². The molecule has 0 radical (unpaired) electrons. The Morgan fingerprint density at radius 3 is 2.68 bits per heavy atom. The van der Waals surface area contributed by atoms with Crippen LogP contribution in [0.5, 0.6) is 0 Å². The van der Waals surface area contributed by atoms with E-state index in [0.29, 0.717) is 0 Å². The fraction of sp³-hybridized carbons (Fsp3) is 0.421. The van der Waals surface area contributed by atoms with E-state index < -0.39 is 0 Å². The number of piperidine rings is 1. The Hall–Kier alpha value is -1.87. The highest BCUT2D eigenvalue weighted by molar-refractivity contribution is 5.81. The van der Waals surface area contributed by atoms with Gasteiger partial charge in [-0.3, -0.25) is 0 Å². The number of hydrogen-bond acceptors (Lipinski definition) is 2. The lowest BCUT2D eigenvalue weighted by Crippen LogP contribution is -2.27. The topological polar surface area (TPSA) is 21.1 Å². The predicted octanol–water partition coefficient (Wildman–Crippen LogP) is 3.28. The third kappa shape index (κ3) is 2.30. The molecule has 0 amide bonds. The van der Waals surface area contributed by atoms with E-state index in [4.69, 9.17) is 4.98 Å². The molecule has 1 aromatic carbocycles. The minimum atomic E-state index is 1.03. The zero-order chi connectivity index (χ0) is 15.1. The molecule has 114 valence electrons. The molecule has 3 nitrogen and oxygen atoms in total. The van der Waals surface area contributed by atoms with Crippen LogP contribution in [0.2, 0.25) is 0 Å². The molecule has 2 aliphatic heterocycles. The zero-order valence-corrected chi connectivity index (χ0v) is 13.5. The van der Waals surface area contributed by atoms with Crippen molar-refractivity contribution < 1.29 is 0 Å². The number of benzene rings is 1. The molecule has 4 rings (SSSR count). The molecule has 0 atom stereocenters. The standard InChI is InChI=1S/C19H23N3/c1-14-3-4-17-16(13-14)7-11-22-12-8-20-19(22)18(17)15-5-9-21(2)10-6-15/h3-4,8,12-13H,5-7,9-11H2,1-2H3. The fourth-order valence-electron chi connectivity index (χ4n) is 3.74. The minimum Gasteiger partial charge on any atom is -0.331 e. The van der Waals surface area contributed by atoms with Crippen LogP contribution in [0.15, 0.2) is 36.2 Å². The van der Waals surface area contributed by atoms with Gasteiger partial charge in [-0.25, -0.2) is 4.98 Å². The monoisotopic (exact) mass is 293 g/mol. The second-order valence-corrected chi connectivity index (χ2v) is 6.64. The summed E-state index contributed by atoms with van der Waals surface area (Å²) in [6.45, 7) is 5.52. The maximum absolute atomic E-state index is 4.71. The lowest BCUT2D eigenvalue weighted by molar-refractivity contribution is 0.313. The third-order valence-corrected chi connectivity index (χ3v) is 5.04.